The lowest BCUT2D eigenvalue weighted by Crippen LogP contribution is -2.41. The van der Waals surface area contributed by atoms with Crippen LogP contribution in [0.1, 0.15) is 10.6 Å². The summed E-state index contributed by atoms with van der Waals surface area (Å²) in [7, 11) is 1.84. The van der Waals surface area contributed by atoms with Crippen molar-refractivity contribution in [2.45, 2.75) is 12.8 Å². The maximum atomic E-state index is 4.40. The van der Waals surface area contributed by atoms with E-state index in [4.69, 9.17) is 0 Å². The maximum absolute atomic E-state index is 4.40. The molecule has 5 heteroatoms. The molecule has 1 aromatic carbocycles. The lowest BCUT2D eigenvalue weighted by Gasteiger charge is -2.22. The quantitative estimate of drug-likeness (QED) is 0.695. The van der Waals surface area contributed by atoms with Crippen molar-refractivity contribution in [1.82, 2.24) is 10.3 Å². The summed E-state index contributed by atoms with van der Waals surface area (Å²) in [6.07, 6.45) is 3.88. The molecular formula is C15H18N4S. The molecule has 0 spiro atoms. The van der Waals surface area contributed by atoms with Crippen molar-refractivity contribution < 1.29 is 0 Å². The van der Waals surface area contributed by atoms with Gasteiger partial charge in [-0.2, -0.15) is 0 Å². The highest BCUT2D eigenvalue weighted by atomic mass is 32.1. The minimum Gasteiger partial charge on any atom is -0.356 e. The molecule has 0 bridgehead atoms. The molecule has 1 aliphatic rings. The third kappa shape index (κ3) is 2.67. The minimum atomic E-state index is 0.860. The van der Waals surface area contributed by atoms with Crippen LogP contribution in [-0.2, 0) is 12.8 Å². The number of hydrogen-bond acceptors (Lipinski definition) is 3. The van der Waals surface area contributed by atoms with E-state index in [9.17, 15) is 0 Å². The van der Waals surface area contributed by atoms with Crippen LogP contribution in [0.3, 0.4) is 0 Å². The molecule has 4 nitrogen and oxygen atoms in total. The zero-order valence-corrected chi connectivity index (χ0v) is 12.4. The first kappa shape index (κ1) is 13.1. The predicted molar refractivity (Wildman–Crippen MR) is 84.7 cm³/mol. The Balaban J connectivity index is 1.63. The van der Waals surface area contributed by atoms with E-state index < -0.39 is 0 Å². The van der Waals surface area contributed by atoms with E-state index in [0.29, 0.717) is 0 Å². The highest BCUT2D eigenvalue weighted by Crippen LogP contribution is 2.27. The number of guanidine groups is 1. The van der Waals surface area contributed by atoms with Crippen molar-refractivity contribution in [2.75, 3.05) is 25.0 Å². The second-order valence-electron chi connectivity index (χ2n) is 4.68. The number of aliphatic imine (C=N–C) groups is 1. The number of benzene rings is 1. The number of rotatable bonds is 3. The Kier molecular flexibility index (Phi) is 3.97. The number of para-hydroxylation sites is 1. The lowest BCUT2D eigenvalue weighted by molar-refractivity contribution is 0.831. The molecule has 20 heavy (non-hydrogen) atoms. The van der Waals surface area contributed by atoms with Crippen molar-refractivity contribution in [3.05, 3.63) is 46.4 Å². The van der Waals surface area contributed by atoms with Crippen molar-refractivity contribution in [2.24, 2.45) is 4.99 Å². The lowest BCUT2D eigenvalue weighted by atomic mass is 10.2. The van der Waals surface area contributed by atoms with Gasteiger partial charge < -0.3 is 10.2 Å². The van der Waals surface area contributed by atoms with Crippen molar-refractivity contribution >= 4 is 23.0 Å². The van der Waals surface area contributed by atoms with Crippen LogP contribution < -0.4 is 10.2 Å². The third-order valence-corrected chi connectivity index (χ3v) is 4.30. The molecule has 0 saturated carbocycles. The van der Waals surface area contributed by atoms with Gasteiger partial charge in [0.25, 0.3) is 0 Å². The Hall–Kier alpha value is -1.88. The van der Waals surface area contributed by atoms with Gasteiger partial charge in [0.1, 0.15) is 0 Å². The number of fused-ring (bicyclic) bond motifs is 1. The van der Waals surface area contributed by atoms with Gasteiger partial charge in [-0.3, -0.25) is 4.99 Å². The van der Waals surface area contributed by atoms with Gasteiger partial charge in [-0.25, -0.2) is 4.98 Å². The van der Waals surface area contributed by atoms with E-state index in [0.717, 1.165) is 36.9 Å². The molecule has 0 radical (unpaired) electrons. The number of nitrogens with one attached hydrogen (secondary N) is 1. The molecule has 0 fully saturated rings. The van der Waals surface area contributed by atoms with Gasteiger partial charge in [0.15, 0.2) is 5.96 Å². The molecule has 1 aromatic heterocycles. The van der Waals surface area contributed by atoms with E-state index in [1.54, 1.807) is 11.3 Å². The normalized spacial score (nSPS) is 14.4. The molecule has 0 aliphatic carbocycles. The SMILES string of the molecule is CN=C(NCCc1nccs1)N1CCc2ccccc21. The second-order valence-corrected chi connectivity index (χ2v) is 5.66. The molecule has 0 saturated heterocycles. The highest BCUT2D eigenvalue weighted by Gasteiger charge is 2.21. The van der Waals surface area contributed by atoms with Gasteiger partial charge in [0, 0.05) is 43.8 Å². The topological polar surface area (TPSA) is 40.5 Å². The average Bonchev–Trinajstić information content (AvgIpc) is 3.13. The average molecular weight is 286 g/mol. The number of hydrogen-bond donors (Lipinski definition) is 1. The monoisotopic (exact) mass is 286 g/mol. The summed E-state index contributed by atoms with van der Waals surface area (Å²) in [6.45, 7) is 1.86. The molecule has 1 N–H and O–H groups in total. The largest absolute Gasteiger partial charge is 0.356 e. The molecule has 104 valence electrons. The van der Waals surface area contributed by atoms with Gasteiger partial charge in [-0.05, 0) is 18.1 Å². The highest BCUT2D eigenvalue weighted by molar-refractivity contribution is 7.09. The predicted octanol–water partition coefficient (Wildman–Crippen LogP) is 2.32. The van der Waals surface area contributed by atoms with Gasteiger partial charge in [0.05, 0.1) is 5.01 Å². The Bertz CT molecular complexity index is 592. The molecule has 1 aliphatic heterocycles. The van der Waals surface area contributed by atoms with Crippen LogP contribution in [0.4, 0.5) is 5.69 Å². The Morgan fingerprint density at radius 3 is 3.15 bits per heavy atom. The van der Waals surface area contributed by atoms with E-state index in [2.05, 4.69) is 44.5 Å². The first-order chi connectivity index (χ1) is 9.88. The number of anilines is 1. The smallest absolute Gasteiger partial charge is 0.198 e. The zero-order valence-electron chi connectivity index (χ0n) is 11.5. The van der Waals surface area contributed by atoms with Gasteiger partial charge >= 0.3 is 0 Å². The molecule has 0 amide bonds. The third-order valence-electron chi connectivity index (χ3n) is 3.46. The molecule has 0 atom stereocenters. The Labute approximate surface area is 123 Å². The summed E-state index contributed by atoms with van der Waals surface area (Å²) in [4.78, 5) is 11.0. The minimum absolute atomic E-state index is 0.860. The summed E-state index contributed by atoms with van der Waals surface area (Å²) in [5.74, 6) is 0.950. The fourth-order valence-corrected chi connectivity index (χ4v) is 3.13. The molecule has 2 aromatic rings. The maximum Gasteiger partial charge on any atom is 0.198 e. The molecule has 2 heterocycles. The first-order valence-corrected chi connectivity index (χ1v) is 7.71. The summed E-state index contributed by atoms with van der Waals surface area (Å²) in [6, 6.07) is 8.54. The number of nitrogens with zero attached hydrogens (tertiary/aromatic N) is 3. The van der Waals surface area contributed by atoms with Crippen LogP contribution in [0.2, 0.25) is 0 Å². The van der Waals surface area contributed by atoms with Crippen LogP contribution in [0.15, 0.2) is 40.8 Å². The summed E-state index contributed by atoms with van der Waals surface area (Å²) >= 11 is 1.70. The van der Waals surface area contributed by atoms with Crippen LogP contribution >= 0.6 is 11.3 Å². The zero-order chi connectivity index (χ0) is 13.8. The van der Waals surface area contributed by atoms with Gasteiger partial charge in [0.2, 0.25) is 0 Å². The fourth-order valence-electron chi connectivity index (χ4n) is 2.51. The molecule has 3 rings (SSSR count). The van der Waals surface area contributed by atoms with Gasteiger partial charge in [-0.1, -0.05) is 18.2 Å². The Morgan fingerprint density at radius 1 is 1.45 bits per heavy atom. The van der Waals surface area contributed by atoms with Crippen molar-refractivity contribution in [3.8, 4) is 0 Å². The van der Waals surface area contributed by atoms with Crippen LogP contribution in [-0.4, -0.2) is 31.1 Å². The van der Waals surface area contributed by atoms with Crippen molar-refractivity contribution in [1.29, 1.82) is 0 Å². The first-order valence-electron chi connectivity index (χ1n) is 6.83. The van der Waals surface area contributed by atoms with Crippen LogP contribution in [0.5, 0.6) is 0 Å². The van der Waals surface area contributed by atoms with E-state index in [1.807, 2.05) is 18.6 Å². The van der Waals surface area contributed by atoms with Gasteiger partial charge in [-0.15, -0.1) is 11.3 Å². The van der Waals surface area contributed by atoms with Crippen molar-refractivity contribution in [3.63, 3.8) is 0 Å². The fraction of sp³-hybridized carbons (Fsp3) is 0.333. The standard InChI is InChI=1S/C15H18N4S/c1-16-15(18-8-6-14-17-9-11-20-14)19-10-7-12-4-2-3-5-13(12)19/h2-5,9,11H,6-8,10H2,1H3,(H,16,18). The second kappa shape index (κ2) is 6.05. The number of aromatic nitrogens is 1. The van der Waals surface area contributed by atoms with Crippen LogP contribution in [0, 0.1) is 0 Å². The summed E-state index contributed by atoms with van der Waals surface area (Å²) < 4.78 is 0. The summed E-state index contributed by atoms with van der Waals surface area (Å²) in [5, 5.41) is 6.61. The summed E-state index contributed by atoms with van der Waals surface area (Å²) in [5.41, 5.74) is 2.67. The van der Waals surface area contributed by atoms with E-state index in [-0.39, 0.29) is 0 Å². The van der Waals surface area contributed by atoms with Crippen LogP contribution in [0.25, 0.3) is 0 Å². The van der Waals surface area contributed by atoms with E-state index >= 15 is 0 Å². The molecular weight excluding hydrogens is 268 g/mol. The Morgan fingerprint density at radius 2 is 2.35 bits per heavy atom. The number of thiazole rings is 1. The van der Waals surface area contributed by atoms with E-state index in [1.165, 1.54) is 11.3 Å². The molecule has 0 unspecified atom stereocenters.